The first-order valence-electron chi connectivity index (χ1n) is 13.2. The standard InChI is InChI=1S/C28H38N6O6/c1-28(2,3)40-27(39)33-22(19-13-12-17-8-4-5-9-18(17)16-19)24(36)34-15-7-11-21(34)23(35)32-20(25(37)38)10-6-14-31-26(29)30/h4-5,8-9,12-13,16,20-22H,6-7,10-11,14-15H2,1-3H3,(H,32,35)(H,33,39)(H,37,38)(H4,29,30,31)/t20-,21-,22+/m0/s1. The SMILES string of the molecule is CC(C)(C)OC(=O)N[C@@H](C(=O)N1CCC[C@H]1C(=O)N[C@@H](CCCN=C(N)N)C(=O)O)c1ccc2ccccc2c1. The average Bonchev–Trinajstić information content (AvgIpc) is 3.37. The van der Waals surface area contributed by atoms with Crippen LogP contribution in [0.2, 0.25) is 0 Å². The number of carbonyl (C=O) groups is 4. The number of nitrogens with zero attached hydrogens (tertiary/aromatic N) is 2. The minimum Gasteiger partial charge on any atom is -0.480 e. The summed E-state index contributed by atoms with van der Waals surface area (Å²) in [6, 6.07) is 9.86. The number of rotatable bonds is 10. The highest BCUT2D eigenvalue weighted by Gasteiger charge is 2.39. The lowest BCUT2D eigenvalue weighted by molar-refractivity contribution is -0.144. The number of amides is 3. The molecule has 1 aliphatic heterocycles. The second kappa shape index (κ2) is 13.1. The number of hydrogen-bond acceptors (Lipinski definition) is 6. The van der Waals surface area contributed by atoms with Crippen LogP contribution in [0, 0.1) is 0 Å². The van der Waals surface area contributed by atoms with E-state index in [2.05, 4.69) is 15.6 Å². The third kappa shape index (κ3) is 8.32. The Kier molecular flexibility index (Phi) is 9.92. The molecular formula is C28H38N6O6. The molecule has 0 spiro atoms. The number of nitrogens with two attached hydrogens (primary N) is 2. The maximum Gasteiger partial charge on any atom is 0.408 e. The van der Waals surface area contributed by atoms with Crippen LogP contribution in [-0.4, -0.2) is 70.6 Å². The van der Waals surface area contributed by atoms with E-state index < -0.39 is 47.6 Å². The summed E-state index contributed by atoms with van der Waals surface area (Å²) < 4.78 is 5.41. The van der Waals surface area contributed by atoms with Crippen LogP contribution < -0.4 is 22.1 Å². The summed E-state index contributed by atoms with van der Waals surface area (Å²) in [4.78, 5) is 56.9. The number of guanidine groups is 1. The summed E-state index contributed by atoms with van der Waals surface area (Å²) in [5.74, 6) is -2.36. The molecule has 1 heterocycles. The van der Waals surface area contributed by atoms with Gasteiger partial charge in [0, 0.05) is 13.1 Å². The molecule has 0 unspecified atom stereocenters. The Morgan fingerprint density at radius 2 is 1.80 bits per heavy atom. The van der Waals surface area contributed by atoms with Gasteiger partial charge in [-0.05, 0) is 68.9 Å². The summed E-state index contributed by atoms with van der Waals surface area (Å²) in [6.45, 7) is 5.66. The number of carboxylic acid groups (broad SMARTS) is 1. The van der Waals surface area contributed by atoms with Crippen LogP contribution >= 0.6 is 0 Å². The van der Waals surface area contributed by atoms with E-state index in [1.165, 1.54) is 4.90 Å². The fraction of sp³-hybridized carbons (Fsp3) is 0.464. The first-order valence-corrected chi connectivity index (χ1v) is 13.2. The Hall–Kier alpha value is -4.35. The first kappa shape index (κ1) is 30.2. The third-order valence-electron chi connectivity index (χ3n) is 6.41. The van der Waals surface area contributed by atoms with Gasteiger partial charge in [-0.3, -0.25) is 14.6 Å². The van der Waals surface area contributed by atoms with Crippen molar-refractivity contribution < 1.29 is 29.0 Å². The van der Waals surface area contributed by atoms with Gasteiger partial charge in [0.15, 0.2) is 5.96 Å². The molecule has 1 fully saturated rings. The van der Waals surface area contributed by atoms with Crippen molar-refractivity contribution in [3.05, 3.63) is 48.0 Å². The predicted octanol–water partition coefficient (Wildman–Crippen LogP) is 2.02. The second-order valence-electron chi connectivity index (χ2n) is 10.7. The molecule has 1 saturated heterocycles. The quantitative estimate of drug-likeness (QED) is 0.167. The van der Waals surface area contributed by atoms with E-state index in [-0.39, 0.29) is 25.5 Å². The third-order valence-corrected chi connectivity index (χ3v) is 6.41. The fourth-order valence-electron chi connectivity index (χ4n) is 4.60. The van der Waals surface area contributed by atoms with E-state index in [1.54, 1.807) is 26.8 Å². The number of benzene rings is 2. The minimum absolute atomic E-state index is 0.100. The number of aliphatic imine (C=N–C) groups is 1. The summed E-state index contributed by atoms with van der Waals surface area (Å²) in [5.41, 5.74) is 10.3. The van der Waals surface area contributed by atoms with E-state index in [9.17, 15) is 24.3 Å². The molecule has 0 aliphatic carbocycles. The molecule has 1 aliphatic rings. The van der Waals surface area contributed by atoms with Crippen LogP contribution in [0.3, 0.4) is 0 Å². The number of likely N-dealkylation sites (tertiary alicyclic amines) is 1. The maximum atomic E-state index is 13.9. The second-order valence-corrected chi connectivity index (χ2v) is 10.7. The van der Waals surface area contributed by atoms with Crippen LogP contribution in [0.15, 0.2) is 47.5 Å². The largest absolute Gasteiger partial charge is 0.480 e. The van der Waals surface area contributed by atoms with Crippen LogP contribution in [0.5, 0.6) is 0 Å². The number of aliphatic carboxylic acids is 1. The number of carboxylic acids is 1. The number of fused-ring (bicyclic) bond motifs is 1. The van der Waals surface area contributed by atoms with Crippen molar-refractivity contribution in [2.45, 2.75) is 70.2 Å². The van der Waals surface area contributed by atoms with Gasteiger partial charge in [0.2, 0.25) is 5.91 Å². The van der Waals surface area contributed by atoms with Crippen molar-refractivity contribution in [2.24, 2.45) is 16.5 Å². The van der Waals surface area contributed by atoms with E-state index in [4.69, 9.17) is 16.2 Å². The number of alkyl carbamates (subject to hydrolysis) is 1. The monoisotopic (exact) mass is 554 g/mol. The van der Waals surface area contributed by atoms with Gasteiger partial charge in [-0.1, -0.05) is 36.4 Å². The van der Waals surface area contributed by atoms with E-state index in [0.717, 1.165) is 10.8 Å². The molecule has 3 amide bonds. The van der Waals surface area contributed by atoms with Gasteiger partial charge in [-0.2, -0.15) is 0 Å². The van der Waals surface area contributed by atoms with E-state index in [0.29, 0.717) is 24.8 Å². The van der Waals surface area contributed by atoms with Gasteiger partial charge in [0.25, 0.3) is 5.91 Å². The normalized spacial score (nSPS) is 16.6. The molecule has 0 saturated carbocycles. The number of ether oxygens (including phenoxy) is 1. The first-order chi connectivity index (χ1) is 18.9. The molecule has 12 nitrogen and oxygen atoms in total. The van der Waals surface area contributed by atoms with Crippen molar-refractivity contribution in [1.29, 1.82) is 0 Å². The Labute approximate surface area is 233 Å². The zero-order valence-electron chi connectivity index (χ0n) is 23.1. The summed E-state index contributed by atoms with van der Waals surface area (Å²) in [7, 11) is 0. The lowest BCUT2D eigenvalue weighted by atomic mass is 10.0. The van der Waals surface area contributed by atoms with Crippen molar-refractivity contribution in [1.82, 2.24) is 15.5 Å². The smallest absolute Gasteiger partial charge is 0.408 e. The maximum absolute atomic E-state index is 13.9. The zero-order valence-corrected chi connectivity index (χ0v) is 23.1. The number of hydrogen-bond donors (Lipinski definition) is 5. The van der Waals surface area contributed by atoms with Crippen molar-refractivity contribution >= 4 is 40.6 Å². The Balaban J connectivity index is 1.82. The molecule has 0 radical (unpaired) electrons. The summed E-state index contributed by atoms with van der Waals surface area (Å²) in [5, 5.41) is 16.7. The molecule has 3 rings (SSSR count). The highest BCUT2D eigenvalue weighted by molar-refractivity contribution is 5.94. The van der Waals surface area contributed by atoms with Gasteiger partial charge >= 0.3 is 12.1 Å². The van der Waals surface area contributed by atoms with Gasteiger partial charge in [-0.25, -0.2) is 9.59 Å². The summed E-state index contributed by atoms with van der Waals surface area (Å²) in [6.07, 6.45) is 0.577. The van der Waals surface area contributed by atoms with Crippen LogP contribution in [0.25, 0.3) is 10.8 Å². The molecule has 2 aromatic carbocycles. The molecule has 12 heteroatoms. The predicted molar refractivity (Wildman–Crippen MR) is 150 cm³/mol. The van der Waals surface area contributed by atoms with Crippen LogP contribution in [0.4, 0.5) is 4.79 Å². The van der Waals surface area contributed by atoms with Crippen molar-refractivity contribution in [3.63, 3.8) is 0 Å². The molecule has 0 bridgehead atoms. The van der Waals surface area contributed by atoms with Gasteiger partial charge in [0.05, 0.1) is 0 Å². The van der Waals surface area contributed by atoms with Crippen LogP contribution in [0.1, 0.15) is 58.1 Å². The molecule has 2 aromatic rings. The van der Waals surface area contributed by atoms with Gasteiger partial charge < -0.3 is 36.8 Å². The lowest BCUT2D eigenvalue weighted by Crippen LogP contribution is -2.53. The Morgan fingerprint density at radius 3 is 2.45 bits per heavy atom. The number of carbonyl (C=O) groups excluding carboxylic acids is 3. The van der Waals surface area contributed by atoms with Gasteiger partial charge in [0.1, 0.15) is 23.7 Å². The zero-order chi connectivity index (χ0) is 29.4. The fourth-order valence-corrected chi connectivity index (χ4v) is 4.60. The van der Waals surface area contributed by atoms with Gasteiger partial charge in [-0.15, -0.1) is 0 Å². The molecule has 0 aromatic heterocycles. The van der Waals surface area contributed by atoms with Crippen LogP contribution in [-0.2, 0) is 19.1 Å². The lowest BCUT2D eigenvalue weighted by Gasteiger charge is -2.30. The Morgan fingerprint density at radius 1 is 1.10 bits per heavy atom. The topological polar surface area (TPSA) is 189 Å². The highest BCUT2D eigenvalue weighted by atomic mass is 16.6. The van der Waals surface area contributed by atoms with E-state index in [1.807, 2.05) is 36.4 Å². The van der Waals surface area contributed by atoms with E-state index >= 15 is 0 Å². The van der Waals surface area contributed by atoms with Crippen molar-refractivity contribution in [2.75, 3.05) is 13.1 Å². The average molecular weight is 555 g/mol. The summed E-state index contributed by atoms with van der Waals surface area (Å²) >= 11 is 0. The molecular weight excluding hydrogens is 516 g/mol. The molecule has 40 heavy (non-hydrogen) atoms. The van der Waals surface area contributed by atoms with Crippen molar-refractivity contribution in [3.8, 4) is 0 Å². The minimum atomic E-state index is -1.20. The molecule has 3 atom stereocenters. The Bertz CT molecular complexity index is 1270. The molecule has 216 valence electrons. The number of nitrogens with one attached hydrogen (secondary N) is 2. The molecule has 7 N–H and O–H groups in total. The highest BCUT2D eigenvalue weighted by Crippen LogP contribution is 2.27.